The van der Waals surface area contributed by atoms with Crippen LogP contribution in [0.15, 0.2) is 62.6 Å². The Morgan fingerprint density at radius 1 is 1.12 bits per heavy atom. The molecule has 0 amide bonds. The van der Waals surface area contributed by atoms with Crippen LogP contribution in [-0.4, -0.2) is 27.8 Å². The summed E-state index contributed by atoms with van der Waals surface area (Å²) in [6.45, 7) is -0.177. The summed E-state index contributed by atoms with van der Waals surface area (Å²) < 4.78 is 30.0. The molecule has 0 radical (unpaired) electrons. The summed E-state index contributed by atoms with van der Waals surface area (Å²) in [5, 5.41) is 3.73. The van der Waals surface area contributed by atoms with Crippen molar-refractivity contribution in [2.24, 2.45) is 5.11 Å². The fraction of sp³-hybridized carbons (Fsp3) is 0.250. The molecule has 2 aromatic carbocycles. The monoisotopic (exact) mass is 487 g/mol. The summed E-state index contributed by atoms with van der Waals surface area (Å²) in [7, 11) is -3.68. The number of hydrogen-bond donors (Lipinski definition) is 0. The summed E-state index contributed by atoms with van der Waals surface area (Å²) in [4.78, 5) is 2.86. The number of benzene rings is 2. The lowest BCUT2D eigenvalue weighted by atomic mass is 9.75. The van der Waals surface area contributed by atoms with Crippen LogP contribution >= 0.6 is 31.9 Å². The average molecular weight is 489 g/mol. The first-order chi connectivity index (χ1) is 11.8. The van der Waals surface area contributed by atoms with Gasteiger partial charge in [-0.15, -0.1) is 0 Å². The Kier molecular flexibility index (Phi) is 6.65. The first-order valence-electron chi connectivity index (χ1n) is 7.14. The van der Waals surface area contributed by atoms with E-state index in [0.717, 1.165) is 26.3 Å². The summed E-state index contributed by atoms with van der Waals surface area (Å²) >= 11 is 6.86. The standard InChI is InChI=1S/C16H15Br2N3O3S/c1-25(22,23)24-11-16(10-20-21-19,12-4-2-6-14(17)8-12)13-5-3-7-15(18)9-13/h2-9H,10-11H2,1H3. The Hall–Kier alpha value is -1.38. The molecular weight excluding hydrogens is 474 g/mol. The first kappa shape index (κ1) is 19.9. The fourth-order valence-corrected chi connectivity index (χ4v) is 3.71. The maximum Gasteiger partial charge on any atom is 0.264 e. The van der Waals surface area contributed by atoms with Crippen LogP contribution < -0.4 is 0 Å². The quantitative estimate of drug-likeness (QED) is 0.243. The minimum atomic E-state index is -3.68. The lowest BCUT2D eigenvalue weighted by Gasteiger charge is -2.33. The highest BCUT2D eigenvalue weighted by Crippen LogP contribution is 2.36. The van der Waals surface area contributed by atoms with Crippen LogP contribution in [0.3, 0.4) is 0 Å². The predicted molar refractivity (Wildman–Crippen MR) is 104 cm³/mol. The van der Waals surface area contributed by atoms with Gasteiger partial charge < -0.3 is 0 Å². The second-order valence-corrected chi connectivity index (χ2v) is 8.93. The van der Waals surface area contributed by atoms with Crippen molar-refractivity contribution in [1.29, 1.82) is 0 Å². The van der Waals surface area contributed by atoms with Crippen LogP contribution in [0.25, 0.3) is 10.4 Å². The molecule has 2 aromatic rings. The van der Waals surface area contributed by atoms with Crippen LogP contribution in [0, 0.1) is 0 Å². The summed E-state index contributed by atoms with van der Waals surface area (Å²) in [6.07, 6.45) is 0.993. The van der Waals surface area contributed by atoms with E-state index in [2.05, 4.69) is 41.9 Å². The third kappa shape index (κ3) is 5.29. The van der Waals surface area contributed by atoms with E-state index in [-0.39, 0.29) is 13.2 Å². The molecule has 0 fully saturated rings. The zero-order valence-corrected chi connectivity index (χ0v) is 17.3. The molecule has 0 bridgehead atoms. The van der Waals surface area contributed by atoms with Crippen LogP contribution in [0.2, 0.25) is 0 Å². The Balaban J connectivity index is 2.70. The van der Waals surface area contributed by atoms with Gasteiger partial charge in [0.1, 0.15) is 0 Å². The maximum atomic E-state index is 11.6. The van der Waals surface area contributed by atoms with E-state index >= 15 is 0 Å². The lowest BCUT2D eigenvalue weighted by Crippen LogP contribution is -2.37. The smallest absolute Gasteiger partial charge is 0.264 e. The zero-order chi connectivity index (χ0) is 18.5. The maximum absolute atomic E-state index is 11.6. The van der Waals surface area contributed by atoms with Crippen molar-refractivity contribution in [3.05, 3.63) is 79.0 Å². The molecule has 0 aliphatic heterocycles. The molecule has 0 aliphatic carbocycles. The normalized spacial score (nSPS) is 11.8. The first-order valence-corrected chi connectivity index (χ1v) is 10.5. The van der Waals surface area contributed by atoms with Crippen molar-refractivity contribution in [2.75, 3.05) is 19.4 Å². The highest BCUT2D eigenvalue weighted by atomic mass is 79.9. The molecule has 2 rings (SSSR count). The van der Waals surface area contributed by atoms with Crippen LogP contribution in [-0.2, 0) is 19.7 Å². The van der Waals surface area contributed by atoms with Crippen molar-refractivity contribution < 1.29 is 12.6 Å². The molecule has 0 N–H and O–H groups in total. The summed E-state index contributed by atoms with van der Waals surface area (Å²) in [6, 6.07) is 14.8. The summed E-state index contributed by atoms with van der Waals surface area (Å²) in [5.41, 5.74) is 9.43. The molecule has 0 aliphatic rings. The number of rotatable bonds is 7. The van der Waals surface area contributed by atoms with E-state index in [1.54, 1.807) is 0 Å². The van der Waals surface area contributed by atoms with E-state index in [1.807, 2.05) is 48.5 Å². The highest BCUT2D eigenvalue weighted by Gasteiger charge is 2.36. The highest BCUT2D eigenvalue weighted by molar-refractivity contribution is 9.10. The van der Waals surface area contributed by atoms with Gasteiger partial charge in [-0.1, -0.05) is 61.2 Å². The van der Waals surface area contributed by atoms with Gasteiger partial charge in [0, 0.05) is 20.4 Å². The molecule has 0 heterocycles. The Labute approximate surface area is 163 Å². The van der Waals surface area contributed by atoms with Gasteiger partial charge in [0.2, 0.25) is 0 Å². The van der Waals surface area contributed by atoms with Gasteiger partial charge >= 0.3 is 0 Å². The average Bonchev–Trinajstić information content (AvgIpc) is 2.54. The second-order valence-electron chi connectivity index (χ2n) is 5.46. The van der Waals surface area contributed by atoms with Crippen molar-refractivity contribution in [3.63, 3.8) is 0 Å². The molecule has 0 atom stereocenters. The Bertz CT molecular complexity index is 867. The zero-order valence-electron chi connectivity index (χ0n) is 13.3. The third-order valence-corrected chi connectivity index (χ3v) is 5.21. The summed E-state index contributed by atoms with van der Waals surface area (Å²) in [5.74, 6) is 0. The Morgan fingerprint density at radius 3 is 2.04 bits per heavy atom. The van der Waals surface area contributed by atoms with E-state index in [0.29, 0.717) is 0 Å². The van der Waals surface area contributed by atoms with Crippen LogP contribution in [0.1, 0.15) is 11.1 Å². The van der Waals surface area contributed by atoms with Crippen LogP contribution in [0.5, 0.6) is 0 Å². The van der Waals surface area contributed by atoms with Gasteiger partial charge in [-0.25, -0.2) is 0 Å². The molecule has 0 saturated heterocycles. The second kappa shape index (κ2) is 8.33. The van der Waals surface area contributed by atoms with E-state index in [1.165, 1.54) is 0 Å². The van der Waals surface area contributed by atoms with Crippen molar-refractivity contribution in [1.82, 2.24) is 0 Å². The molecule has 0 saturated carbocycles. The molecule has 0 unspecified atom stereocenters. The minimum Gasteiger partial charge on any atom is -0.269 e. The predicted octanol–water partition coefficient (Wildman–Crippen LogP) is 4.78. The van der Waals surface area contributed by atoms with Gasteiger partial charge in [-0.05, 0) is 40.9 Å². The van der Waals surface area contributed by atoms with Crippen LogP contribution in [0.4, 0.5) is 0 Å². The molecule has 0 spiro atoms. The van der Waals surface area contributed by atoms with E-state index in [4.69, 9.17) is 9.71 Å². The van der Waals surface area contributed by atoms with Gasteiger partial charge in [0.25, 0.3) is 10.1 Å². The van der Waals surface area contributed by atoms with Crippen molar-refractivity contribution in [3.8, 4) is 0 Å². The number of azide groups is 1. The van der Waals surface area contributed by atoms with Gasteiger partial charge in [-0.2, -0.15) is 8.42 Å². The molecule has 9 heteroatoms. The largest absolute Gasteiger partial charge is 0.269 e. The molecule has 0 aromatic heterocycles. The number of hydrogen-bond acceptors (Lipinski definition) is 4. The molecular formula is C16H15Br2N3O3S. The van der Waals surface area contributed by atoms with E-state index < -0.39 is 15.5 Å². The fourth-order valence-electron chi connectivity index (χ4n) is 2.49. The number of halogens is 2. The van der Waals surface area contributed by atoms with Crippen molar-refractivity contribution in [2.45, 2.75) is 5.41 Å². The Morgan fingerprint density at radius 2 is 1.64 bits per heavy atom. The van der Waals surface area contributed by atoms with Crippen molar-refractivity contribution >= 4 is 42.0 Å². The van der Waals surface area contributed by atoms with Gasteiger partial charge in [0.05, 0.1) is 18.3 Å². The van der Waals surface area contributed by atoms with Gasteiger partial charge in [0.15, 0.2) is 0 Å². The minimum absolute atomic E-state index is 0.00588. The number of nitrogens with zero attached hydrogens (tertiary/aromatic N) is 3. The van der Waals surface area contributed by atoms with Gasteiger partial charge in [-0.3, -0.25) is 4.18 Å². The topological polar surface area (TPSA) is 92.1 Å². The SMILES string of the molecule is CS(=O)(=O)OCC(CN=[N+]=[N-])(c1cccc(Br)c1)c1cccc(Br)c1. The molecule has 6 nitrogen and oxygen atoms in total. The molecule has 132 valence electrons. The van der Waals surface area contributed by atoms with E-state index in [9.17, 15) is 8.42 Å². The lowest BCUT2D eigenvalue weighted by molar-refractivity contribution is 0.253. The third-order valence-electron chi connectivity index (χ3n) is 3.68. The molecule has 25 heavy (non-hydrogen) atoms.